The molecule has 100 valence electrons. The van der Waals surface area contributed by atoms with Crippen molar-refractivity contribution in [2.45, 2.75) is 38.8 Å². The molecule has 2 rings (SSSR count). The summed E-state index contributed by atoms with van der Waals surface area (Å²) in [5, 5.41) is 3.55. The number of nitrogens with one attached hydrogen (secondary N) is 1. The summed E-state index contributed by atoms with van der Waals surface area (Å²) >= 11 is 3.65. The Kier molecular flexibility index (Phi) is 5.67. The van der Waals surface area contributed by atoms with Crippen molar-refractivity contribution in [2.24, 2.45) is 0 Å². The lowest BCUT2D eigenvalue weighted by atomic mass is 10.2. The first-order valence-electron chi connectivity index (χ1n) is 6.99. The highest BCUT2D eigenvalue weighted by Crippen LogP contribution is 2.23. The van der Waals surface area contributed by atoms with Gasteiger partial charge in [0, 0.05) is 23.6 Å². The Hall–Kier alpha value is -0.380. The first kappa shape index (κ1) is 14.0. The summed E-state index contributed by atoms with van der Waals surface area (Å²) in [6.07, 6.45) is 3.89. The summed E-state index contributed by atoms with van der Waals surface area (Å²) in [5.41, 5.74) is 1.40. The second-order valence-corrected chi connectivity index (χ2v) is 5.92. The van der Waals surface area contributed by atoms with Crippen LogP contribution in [0.4, 0.5) is 0 Å². The Morgan fingerprint density at radius 1 is 1.39 bits per heavy atom. The number of halogens is 1. The number of hydrogen-bond acceptors (Lipinski definition) is 2. The van der Waals surface area contributed by atoms with Gasteiger partial charge in [0.1, 0.15) is 0 Å². The van der Waals surface area contributed by atoms with Gasteiger partial charge in [-0.3, -0.25) is 4.90 Å². The standard InChI is InChI=1S/C15H23BrN2/c1-2-9-17-11-14-7-5-10-18(14)12-13-6-3-4-8-15(13)16/h3-4,6,8,14,17H,2,5,7,9-12H2,1H3. The largest absolute Gasteiger partial charge is 0.315 e. The topological polar surface area (TPSA) is 15.3 Å². The molecule has 0 aromatic heterocycles. The molecule has 0 aliphatic carbocycles. The van der Waals surface area contributed by atoms with Gasteiger partial charge in [-0.25, -0.2) is 0 Å². The summed E-state index contributed by atoms with van der Waals surface area (Å²) < 4.78 is 1.23. The second kappa shape index (κ2) is 7.27. The molecule has 2 nitrogen and oxygen atoms in total. The predicted octanol–water partition coefficient (Wildman–Crippen LogP) is 3.41. The minimum Gasteiger partial charge on any atom is -0.315 e. The Morgan fingerprint density at radius 2 is 2.22 bits per heavy atom. The third-order valence-corrected chi connectivity index (χ3v) is 4.41. The number of likely N-dealkylation sites (tertiary alicyclic amines) is 1. The molecule has 1 saturated heterocycles. The first-order valence-corrected chi connectivity index (χ1v) is 7.78. The average molecular weight is 311 g/mol. The van der Waals surface area contributed by atoms with Crippen LogP contribution in [-0.4, -0.2) is 30.6 Å². The third kappa shape index (κ3) is 3.81. The van der Waals surface area contributed by atoms with Crippen molar-refractivity contribution >= 4 is 15.9 Å². The maximum atomic E-state index is 3.65. The minimum absolute atomic E-state index is 0.712. The highest BCUT2D eigenvalue weighted by atomic mass is 79.9. The lowest BCUT2D eigenvalue weighted by molar-refractivity contribution is 0.239. The van der Waals surface area contributed by atoms with Crippen LogP contribution in [0, 0.1) is 0 Å². The van der Waals surface area contributed by atoms with Crippen molar-refractivity contribution in [1.82, 2.24) is 10.2 Å². The van der Waals surface area contributed by atoms with E-state index in [-0.39, 0.29) is 0 Å². The van der Waals surface area contributed by atoms with Crippen LogP contribution in [0.3, 0.4) is 0 Å². The van der Waals surface area contributed by atoms with Gasteiger partial charge in [-0.2, -0.15) is 0 Å². The number of rotatable bonds is 6. The molecule has 1 fully saturated rings. The monoisotopic (exact) mass is 310 g/mol. The van der Waals surface area contributed by atoms with Gasteiger partial charge in [0.15, 0.2) is 0 Å². The van der Waals surface area contributed by atoms with Crippen molar-refractivity contribution in [3.05, 3.63) is 34.3 Å². The maximum absolute atomic E-state index is 3.65. The van der Waals surface area contributed by atoms with Gasteiger partial charge in [-0.05, 0) is 44.0 Å². The van der Waals surface area contributed by atoms with Gasteiger partial charge in [-0.15, -0.1) is 0 Å². The van der Waals surface area contributed by atoms with E-state index in [9.17, 15) is 0 Å². The van der Waals surface area contributed by atoms with Gasteiger partial charge in [0.2, 0.25) is 0 Å². The molecule has 1 heterocycles. The number of hydrogen-bond donors (Lipinski definition) is 1. The van der Waals surface area contributed by atoms with Crippen LogP contribution in [0.2, 0.25) is 0 Å². The molecule has 1 atom stereocenters. The van der Waals surface area contributed by atoms with E-state index in [0.29, 0.717) is 6.04 Å². The second-order valence-electron chi connectivity index (χ2n) is 5.06. The first-order chi connectivity index (χ1) is 8.81. The van der Waals surface area contributed by atoms with Crippen molar-refractivity contribution in [3.63, 3.8) is 0 Å². The molecule has 1 unspecified atom stereocenters. The van der Waals surface area contributed by atoms with E-state index in [1.807, 2.05) is 0 Å². The minimum atomic E-state index is 0.712. The molecule has 0 spiro atoms. The summed E-state index contributed by atoms with van der Waals surface area (Å²) in [6, 6.07) is 9.27. The third-order valence-electron chi connectivity index (χ3n) is 3.64. The SMILES string of the molecule is CCCNCC1CCCN1Cc1ccccc1Br. The van der Waals surface area contributed by atoms with E-state index in [2.05, 4.69) is 57.3 Å². The fourth-order valence-electron chi connectivity index (χ4n) is 2.63. The lowest BCUT2D eigenvalue weighted by Crippen LogP contribution is -2.37. The summed E-state index contributed by atoms with van der Waals surface area (Å²) in [6.45, 7) is 6.80. The quantitative estimate of drug-likeness (QED) is 0.810. The van der Waals surface area contributed by atoms with E-state index in [4.69, 9.17) is 0 Å². The zero-order valence-corrected chi connectivity index (χ0v) is 12.7. The molecule has 0 radical (unpaired) electrons. The Balaban J connectivity index is 1.89. The lowest BCUT2D eigenvalue weighted by Gasteiger charge is -2.25. The van der Waals surface area contributed by atoms with Crippen molar-refractivity contribution in [1.29, 1.82) is 0 Å². The normalized spacial score (nSPS) is 20.4. The molecule has 0 saturated carbocycles. The fraction of sp³-hybridized carbons (Fsp3) is 0.600. The fourth-order valence-corrected chi connectivity index (χ4v) is 3.04. The van der Waals surface area contributed by atoms with Crippen molar-refractivity contribution < 1.29 is 0 Å². The molecule has 3 heteroatoms. The van der Waals surface area contributed by atoms with Crippen LogP contribution in [0.5, 0.6) is 0 Å². The van der Waals surface area contributed by atoms with E-state index in [1.54, 1.807) is 0 Å². The molecule has 1 aromatic carbocycles. The predicted molar refractivity (Wildman–Crippen MR) is 80.7 cm³/mol. The van der Waals surface area contributed by atoms with Gasteiger partial charge in [0.05, 0.1) is 0 Å². The molecular formula is C15H23BrN2. The van der Waals surface area contributed by atoms with Crippen LogP contribution in [0.1, 0.15) is 31.7 Å². The molecule has 0 bridgehead atoms. The average Bonchev–Trinajstić information content (AvgIpc) is 2.80. The molecular weight excluding hydrogens is 288 g/mol. The highest BCUT2D eigenvalue weighted by molar-refractivity contribution is 9.10. The molecule has 1 aliphatic heterocycles. The Morgan fingerprint density at radius 3 is 3.00 bits per heavy atom. The molecule has 0 amide bonds. The van der Waals surface area contributed by atoms with Crippen molar-refractivity contribution in [3.8, 4) is 0 Å². The molecule has 18 heavy (non-hydrogen) atoms. The zero-order valence-electron chi connectivity index (χ0n) is 11.2. The van der Waals surface area contributed by atoms with E-state index in [1.165, 1.54) is 35.8 Å². The van der Waals surface area contributed by atoms with E-state index < -0.39 is 0 Å². The highest BCUT2D eigenvalue weighted by Gasteiger charge is 2.24. The Bertz CT molecular complexity index is 367. The molecule has 1 aliphatic rings. The summed E-state index contributed by atoms with van der Waals surface area (Å²) in [7, 11) is 0. The van der Waals surface area contributed by atoms with Gasteiger partial charge in [-0.1, -0.05) is 41.1 Å². The van der Waals surface area contributed by atoms with E-state index in [0.717, 1.165) is 19.6 Å². The van der Waals surface area contributed by atoms with Crippen LogP contribution in [-0.2, 0) is 6.54 Å². The smallest absolute Gasteiger partial charge is 0.0248 e. The maximum Gasteiger partial charge on any atom is 0.0248 e. The molecule has 1 N–H and O–H groups in total. The van der Waals surface area contributed by atoms with Crippen molar-refractivity contribution in [2.75, 3.05) is 19.6 Å². The van der Waals surface area contributed by atoms with Gasteiger partial charge < -0.3 is 5.32 Å². The van der Waals surface area contributed by atoms with Crippen LogP contribution in [0.25, 0.3) is 0 Å². The summed E-state index contributed by atoms with van der Waals surface area (Å²) in [4.78, 5) is 2.61. The molecule has 1 aromatic rings. The van der Waals surface area contributed by atoms with Gasteiger partial charge >= 0.3 is 0 Å². The van der Waals surface area contributed by atoms with Crippen LogP contribution < -0.4 is 5.32 Å². The van der Waals surface area contributed by atoms with E-state index >= 15 is 0 Å². The number of benzene rings is 1. The van der Waals surface area contributed by atoms with Crippen LogP contribution in [0.15, 0.2) is 28.7 Å². The summed E-state index contributed by atoms with van der Waals surface area (Å²) in [5.74, 6) is 0. The Labute approximate surface area is 119 Å². The van der Waals surface area contributed by atoms with Crippen LogP contribution >= 0.6 is 15.9 Å². The van der Waals surface area contributed by atoms with Gasteiger partial charge in [0.25, 0.3) is 0 Å². The number of nitrogens with zero attached hydrogens (tertiary/aromatic N) is 1. The zero-order chi connectivity index (χ0) is 12.8.